The Morgan fingerprint density at radius 1 is 0.879 bits per heavy atom. The largest absolute Gasteiger partial charge is 0.492 e. The highest BCUT2D eigenvalue weighted by Crippen LogP contribution is 2.20. The Balaban J connectivity index is 0.00000385. The van der Waals surface area contributed by atoms with Crippen molar-refractivity contribution in [2.24, 2.45) is 0 Å². The third kappa shape index (κ3) is 9.49. The number of nitrogens with one attached hydrogen (secondary N) is 2. The van der Waals surface area contributed by atoms with E-state index in [1.54, 1.807) is 0 Å². The van der Waals surface area contributed by atoms with Gasteiger partial charge in [-0.1, -0.05) is 6.42 Å². The number of anilines is 3. The number of hydrogen-bond acceptors (Lipinski definition) is 4. The Morgan fingerprint density at radius 2 is 1.42 bits per heavy atom. The van der Waals surface area contributed by atoms with E-state index in [-0.39, 0.29) is 18.4 Å². The van der Waals surface area contributed by atoms with Gasteiger partial charge >= 0.3 is 6.03 Å². The normalized spacial score (nSPS) is 13.6. The highest BCUT2D eigenvalue weighted by Gasteiger charge is 2.10. The summed E-state index contributed by atoms with van der Waals surface area (Å²) in [6.45, 7) is 5.42. The monoisotopic (exact) mass is 514 g/mol. The molecular weight excluding hydrogens is 483 g/mol. The van der Waals surface area contributed by atoms with Crippen LogP contribution in [0.1, 0.15) is 19.3 Å². The lowest BCUT2D eigenvalue weighted by Crippen LogP contribution is -2.33. The number of hydrogen-bond donors (Lipinski definition) is 2. The minimum absolute atomic E-state index is 0. The molecule has 6 nitrogen and oxygen atoms in total. The Labute approximate surface area is 213 Å². The summed E-state index contributed by atoms with van der Waals surface area (Å²) < 4.78 is 5.84. The van der Waals surface area contributed by atoms with Crippen LogP contribution in [0, 0.1) is 0 Å². The molecule has 1 heterocycles. The summed E-state index contributed by atoms with van der Waals surface area (Å²) in [4.78, 5) is 16.9. The number of nitrogens with zero attached hydrogens (tertiary/aromatic N) is 2. The van der Waals surface area contributed by atoms with E-state index in [1.165, 1.54) is 32.4 Å². The van der Waals surface area contributed by atoms with Gasteiger partial charge in [-0.3, -0.25) is 4.90 Å². The van der Waals surface area contributed by atoms with Crippen molar-refractivity contribution >= 4 is 58.7 Å². The maximum atomic E-state index is 12.3. The highest BCUT2D eigenvalue weighted by molar-refractivity contribution is 6.18. The van der Waals surface area contributed by atoms with E-state index in [0.717, 1.165) is 31.1 Å². The lowest BCUT2D eigenvalue weighted by Gasteiger charge is -2.26. The van der Waals surface area contributed by atoms with Crippen LogP contribution in [0.3, 0.4) is 0 Å². The number of ether oxygens (including phenoxy) is 1. The van der Waals surface area contributed by atoms with Crippen LogP contribution in [0.25, 0.3) is 0 Å². The van der Waals surface area contributed by atoms with Crippen LogP contribution in [-0.4, -0.2) is 62.0 Å². The topological polar surface area (TPSA) is 56.8 Å². The maximum Gasteiger partial charge on any atom is 0.323 e. The molecule has 2 N–H and O–H groups in total. The first-order valence-corrected chi connectivity index (χ1v) is 12.2. The van der Waals surface area contributed by atoms with Crippen LogP contribution in [-0.2, 0) is 0 Å². The summed E-state index contributed by atoms with van der Waals surface area (Å²) in [6.07, 6.45) is 3.91. The fourth-order valence-corrected chi connectivity index (χ4v) is 4.14. The molecule has 0 atom stereocenters. The first kappa shape index (κ1) is 27.4. The molecule has 0 aromatic heterocycles. The first-order chi connectivity index (χ1) is 15.7. The number of rotatable bonds is 11. The molecule has 0 saturated carbocycles. The van der Waals surface area contributed by atoms with Gasteiger partial charge in [0.15, 0.2) is 0 Å². The fourth-order valence-electron chi connectivity index (χ4n) is 3.73. The van der Waals surface area contributed by atoms with Gasteiger partial charge in [-0.25, -0.2) is 4.79 Å². The number of halogens is 3. The SMILES string of the molecule is Cl.O=C(Nc1ccc(OCCN2CCCCC2)cc1)Nc1ccc(N(CCCl)CCCl)cc1. The highest BCUT2D eigenvalue weighted by atomic mass is 35.5. The first-order valence-electron chi connectivity index (χ1n) is 11.2. The molecule has 9 heteroatoms. The van der Waals surface area contributed by atoms with Gasteiger partial charge < -0.3 is 20.3 Å². The van der Waals surface area contributed by atoms with Crippen LogP contribution in [0.4, 0.5) is 21.9 Å². The summed E-state index contributed by atoms with van der Waals surface area (Å²) in [5, 5.41) is 5.69. The van der Waals surface area contributed by atoms with Crippen LogP contribution in [0.5, 0.6) is 5.75 Å². The van der Waals surface area contributed by atoms with Gasteiger partial charge in [-0.05, 0) is 74.5 Å². The molecule has 0 unspecified atom stereocenters. The molecule has 2 amide bonds. The number of carbonyl (C=O) groups excluding carboxylic acids is 1. The lowest BCUT2D eigenvalue weighted by molar-refractivity contribution is 0.183. The molecule has 0 radical (unpaired) electrons. The van der Waals surface area contributed by atoms with Crippen molar-refractivity contribution in [1.29, 1.82) is 0 Å². The number of carbonyl (C=O) groups is 1. The molecule has 3 rings (SSSR count). The Morgan fingerprint density at radius 3 is 1.97 bits per heavy atom. The standard InChI is InChI=1S/C24H32Cl2N4O2.ClH/c25-12-16-30(17-13-26)22-8-4-20(5-9-22)27-24(31)28-21-6-10-23(11-7-21)32-19-18-29-14-2-1-3-15-29;/h4-11H,1-3,12-19H2,(H2,27,28,31);1H. The second-order valence-corrected chi connectivity index (χ2v) is 8.52. The molecule has 1 fully saturated rings. The van der Waals surface area contributed by atoms with E-state index in [4.69, 9.17) is 27.9 Å². The van der Waals surface area contributed by atoms with Gasteiger partial charge in [0.1, 0.15) is 12.4 Å². The predicted octanol–water partition coefficient (Wildman–Crippen LogP) is 5.90. The lowest BCUT2D eigenvalue weighted by atomic mass is 10.1. The van der Waals surface area contributed by atoms with Crippen LogP contribution in [0.2, 0.25) is 0 Å². The maximum absolute atomic E-state index is 12.3. The summed E-state index contributed by atoms with van der Waals surface area (Å²) in [5.74, 6) is 1.87. The molecular formula is C24H33Cl3N4O2. The van der Waals surface area contributed by atoms with Crippen LogP contribution in [0.15, 0.2) is 48.5 Å². The molecule has 33 heavy (non-hydrogen) atoms. The van der Waals surface area contributed by atoms with Crippen LogP contribution < -0.4 is 20.3 Å². The van der Waals surface area contributed by atoms with E-state index >= 15 is 0 Å². The molecule has 2 aromatic rings. The van der Waals surface area contributed by atoms with Crippen molar-refractivity contribution < 1.29 is 9.53 Å². The van der Waals surface area contributed by atoms with E-state index in [0.29, 0.717) is 29.7 Å². The number of urea groups is 1. The van der Waals surface area contributed by atoms with Gasteiger partial charge in [-0.2, -0.15) is 0 Å². The molecule has 0 aliphatic carbocycles. The van der Waals surface area contributed by atoms with Gasteiger partial charge in [0.2, 0.25) is 0 Å². The van der Waals surface area contributed by atoms with Crippen molar-refractivity contribution in [1.82, 2.24) is 4.90 Å². The zero-order chi connectivity index (χ0) is 22.6. The van der Waals surface area contributed by atoms with Crippen molar-refractivity contribution in [2.75, 3.05) is 66.6 Å². The molecule has 1 aliphatic rings. The second-order valence-electron chi connectivity index (χ2n) is 7.77. The summed E-state index contributed by atoms with van der Waals surface area (Å²) in [5.41, 5.74) is 2.44. The zero-order valence-corrected chi connectivity index (χ0v) is 21.1. The summed E-state index contributed by atoms with van der Waals surface area (Å²) in [6, 6.07) is 14.8. The van der Waals surface area contributed by atoms with Crippen molar-refractivity contribution in [3.63, 3.8) is 0 Å². The van der Waals surface area contributed by atoms with E-state index in [2.05, 4.69) is 20.4 Å². The average molecular weight is 516 g/mol. The molecule has 0 bridgehead atoms. The van der Waals surface area contributed by atoms with Gasteiger partial charge in [0.25, 0.3) is 0 Å². The summed E-state index contributed by atoms with van der Waals surface area (Å²) >= 11 is 11.7. The average Bonchev–Trinajstić information content (AvgIpc) is 2.81. The second kappa shape index (κ2) is 15.1. The van der Waals surface area contributed by atoms with Crippen molar-refractivity contribution in [2.45, 2.75) is 19.3 Å². The number of likely N-dealkylation sites (tertiary alicyclic amines) is 1. The Hall–Kier alpha value is -1.86. The van der Waals surface area contributed by atoms with Gasteiger partial charge in [0.05, 0.1) is 0 Å². The molecule has 0 spiro atoms. The predicted molar refractivity (Wildman–Crippen MR) is 142 cm³/mol. The third-order valence-electron chi connectivity index (χ3n) is 5.44. The number of benzene rings is 2. The minimum atomic E-state index is -0.296. The third-order valence-corrected chi connectivity index (χ3v) is 5.77. The summed E-state index contributed by atoms with van der Waals surface area (Å²) in [7, 11) is 0. The van der Waals surface area contributed by atoms with E-state index in [9.17, 15) is 4.79 Å². The number of piperidine rings is 1. The Bertz CT molecular complexity index is 809. The molecule has 182 valence electrons. The molecule has 1 saturated heterocycles. The van der Waals surface area contributed by atoms with Gasteiger partial charge in [0, 0.05) is 48.5 Å². The smallest absolute Gasteiger partial charge is 0.323 e. The number of amides is 2. The van der Waals surface area contributed by atoms with Crippen molar-refractivity contribution in [3.05, 3.63) is 48.5 Å². The number of alkyl halides is 2. The van der Waals surface area contributed by atoms with Crippen LogP contribution >= 0.6 is 35.6 Å². The zero-order valence-electron chi connectivity index (χ0n) is 18.8. The minimum Gasteiger partial charge on any atom is -0.492 e. The van der Waals surface area contributed by atoms with Crippen molar-refractivity contribution in [3.8, 4) is 5.75 Å². The Kier molecular flexibility index (Phi) is 12.5. The van der Waals surface area contributed by atoms with E-state index < -0.39 is 0 Å². The van der Waals surface area contributed by atoms with Gasteiger partial charge in [-0.15, -0.1) is 35.6 Å². The molecule has 2 aromatic carbocycles. The fraction of sp³-hybridized carbons (Fsp3) is 0.458. The quantitative estimate of drug-likeness (QED) is 0.366. The van der Waals surface area contributed by atoms with E-state index in [1.807, 2.05) is 48.5 Å². The molecule has 1 aliphatic heterocycles.